The molecule has 0 aromatic carbocycles. The second-order valence-corrected chi connectivity index (χ2v) is 4.13. The predicted octanol–water partition coefficient (Wildman–Crippen LogP) is 1.64. The van der Waals surface area contributed by atoms with E-state index in [0.29, 0.717) is 0 Å². The molecular weight excluding hydrogens is 218 g/mol. The summed E-state index contributed by atoms with van der Waals surface area (Å²) in [6, 6.07) is 1.84. The molecule has 0 radical (unpaired) electrons. The number of methoxy groups -OCH3 is 1. The van der Waals surface area contributed by atoms with Gasteiger partial charge in [0.2, 0.25) is 5.82 Å². The summed E-state index contributed by atoms with van der Waals surface area (Å²) in [6.45, 7) is 2.00. The van der Waals surface area contributed by atoms with Crippen molar-refractivity contribution < 1.29 is 9.53 Å². The van der Waals surface area contributed by atoms with Gasteiger partial charge in [-0.25, -0.2) is 14.8 Å². The van der Waals surface area contributed by atoms with E-state index in [2.05, 4.69) is 19.6 Å². The second kappa shape index (κ2) is 5.61. The van der Waals surface area contributed by atoms with Crippen LogP contribution >= 0.6 is 0 Å². The number of ether oxygens (including phenoxy) is 1. The molecule has 2 rings (SSSR count). The summed E-state index contributed by atoms with van der Waals surface area (Å²) in [5.74, 6) is 0.471. The predicted molar refractivity (Wildman–Crippen MR) is 64.1 cm³/mol. The van der Waals surface area contributed by atoms with Crippen LogP contribution in [-0.4, -0.2) is 36.1 Å². The van der Waals surface area contributed by atoms with Crippen molar-refractivity contribution in [3.05, 3.63) is 18.1 Å². The van der Waals surface area contributed by atoms with Crippen molar-refractivity contribution in [2.24, 2.45) is 0 Å². The molecule has 92 valence electrons. The van der Waals surface area contributed by atoms with E-state index in [1.54, 1.807) is 6.20 Å². The number of hydrogen-bond donors (Lipinski definition) is 0. The summed E-state index contributed by atoms with van der Waals surface area (Å²) in [5, 5.41) is 0. The fourth-order valence-electron chi connectivity index (χ4n) is 2.01. The molecule has 0 amide bonds. The first-order valence-corrected chi connectivity index (χ1v) is 5.97. The Morgan fingerprint density at radius 2 is 2.00 bits per heavy atom. The van der Waals surface area contributed by atoms with Gasteiger partial charge in [-0.3, -0.25) is 0 Å². The third-order valence-corrected chi connectivity index (χ3v) is 2.94. The molecule has 2 heterocycles. The molecule has 5 heteroatoms. The summed E-state index contributed by atoms with van der Waals surface area (Å²) < 4.78 is 4.62. The van der Waals surface area contributed by atoms with E-state index in [4.69, 9.17) is 0 Å². The Morgan fingerprint density at radius 3 is 2.65 bits per heavy atom. The zero-order valence-electron chi connectivity index (χ0n) is 10.1. The Morgan fingerprint density at radius 1 is 1.29 bits per heavy atom. The SMILES string of the molecule is COC(=O)c1nccc(N2CCCCCC2)n1. The molecule has 0 aliphatic carbocycles. The van der Waals surface area contributed by atoms with Crippen molar-refractivity contribution in [3.8, 4) is 0 Å². The van der Waals surface area contributed by atoms with Gasteiger partial charge in [0, 0.05) is 19.3 Å². The highest BCUT2D eigenvalue weighted by molar-refractivity contribution is 5.85. The molecule has 1 aliphatic heterocycles. The first-order chi connectivity index (χ1) is 8.31. The molecule has 0 N–H and O–H groups in total. The van der Waals surface area contributed by atoms with Crippen LogP contribution in [0.15, 0.2) is 12.3 Å². The average molecular weight is 235 g/mol. The minimum atomic E-state index is -0.485. The molecule has 0 unspecified atom stereocenters. The molecule has 17 heavy (non-hydrogen) atoms. The molecule has 5 nitrogen and oxygen atoms in total. The minimum Gasteiger partial charge on any atom is -0.463 e. The van der Waals surface area contributed by atoms with Crippen LogP contribution in [0.5, 0.6) is 0 Å². The maximum atomic E-state index is 11.4. The van der Waals surface area contributed by atoms with Crippen molar-refractivity contribution in [1.29, 1.82) is 0 Å². The second-order valence-electron chi connectivity index (χ2n) is 4.13. The van der Waals surface area contributed by atoms with Crippen LogP contribution in [0.4, 0.5) is 5.82 Å². The van der Waals surface area contributed by atoms with Gasteiger partial charge in [-0.2, -0.15) is 0 Å². The van der Waals surface area contributed by atoms with Crippen LogP contribution in [0.1, 0.15) is 36.3 Å². The van der Waals surface area contributed by atoms with Gasteiger partial charge in [0.25, 0.3) is 0 Å². The molecule has 0 bridgehead atoms. The average Bonchev–Trinajstić information content (AvgIpc) is 2.67. The number of rotatable bonds is 2. The number of carbonyl (C=O) groups excluding carboxylic acids is 1. The lowest BCUT2D eigenvalue weighted by Crippen LogP contribution is -2.25. The zero-order chi connectivity index (χ0) is 12.1. The first-order valence-electron chi connectivity index (χ1n) is 5.97. The number of carbonyl (C=O) groups is 1. The lowest BCUT2D eigenvalue weighted by Gasteiger charge is -2.21. The maximum Gasteiger partial charge on any atom is 0.376 e. The fraction of sp³-hybridized carbons (Fsp3) is 0.583. The highest BCUT2D eigenvalue weighted by atomic mass is 16.5. The van der Waals surface area contributed by atoms with E-state index in [1.165, 1.54) is 32.8 Å². The standard InChI is InChI=1S/C12H17N3O2/c1-17-12(16)11-13-7-6-10(14-11)15-8-4-2-3-5-9-15/h6-7H,2-5,8-9H2,1H3. The monoisotopic (exact) mass is 235 g/mol. The lowest BCUT2D eigenvalue weighted by molar-refractivity contribution is 0.0587. The van der Waals surface area contributed by atoms with E-state index in [0.717, 1.165) is 18.9 Å². The highest BCUT2D eigenvalue weighted by Gasteiger charge is 2.14. The van der Waals surface area contributed by atoms with E-state index >= 15 is 0 Å². The zero-order valence-corrected chi connectivity index (χ0v) is 10.1. The van der Waals surface area contributed by atoms with Crippen molar-refractivity contribution in [2.45, 2.75) is 25.7 Å². The van der Waals surface area contributed by atoms with Crippen LogP contribution in [-0.2, 0) is 4.74 Å². The largest absolute Gasteiger partial charge is 0.463 e. The van der Waals surface area contributed by atoms with Gasteiger partial charge in [0.15, 0.2) is 0 Å². The van der Waals surface area contributed by atoms with E-state index in [-0.39, 0.29) is 5.82 Å². The fourth-order valence-corrected chi connectivity index (χ4v) is 2.01. The van der Waals surface area contributed by atoms with Crippen molar-refractivity contribution in [3.63, 3.8) is 0 Å². The molecule has 1 aromatic rings. The summed E-state index contributed by atoms with van der Waals surface area (Å²) in [4.78, 5) is 21.7. The molecule has 1 saturated heterocycles. The van der Waals surface area contributed by atoms with Gasteiger partial charge in [0.1, 0.15) is 5.82 Å². The third kappa shape index (κ3) is 2.93. The van der Waals surface area contributed by atoms with Crippen molar-refractivity contribution in [2.75, 3.05) is 25.1 Å². The number of nitrogens with zero attached hydrogens (tertiary/aromatic N) is 3. The molecule has 1 aliphatic rings. The topological polar surface area (TPSA) is 55.3 Å². The van der Waals surface area contributed by atoms with Crippen LogP contribution in [0, 0.1) is 0 Å². The first kappa shape index (κ1) is 11.8. The highest BCUT2D eigenvalue weighted by Crippen LogP contribution is 2.16. The Balaban J connectivity index is 2.16. The summed E-state index contributed by atoms with van der Waals surface area (Å²) in [5.41, 5.74) is 0. The van der Waals surface area contributed by atoms with E-state index in [9.17, 15) is 4.79 Å². The van der Waals surface area contributed by atoms with Crippen LogP contribution in [0.3, 0.4) is 0 Å². The van der Waals surface area contributed by atoms with Gasteiger partial charge >= 0.3 is 5.97 Å². The van der Waals surface area contributed by atoms with Gasteiger partial charge in [-0.15, -0.1) is 0 Å². The lowest BCUT2D eigenvalue weighted by atomic mass is 10.2. The molecule has 0 atom stereocenters. The van der Waals surface area contributed by atoms with Gasteiger partial charge in [0.05, 0.1) is 7.11 Å². The van der Waals surface area contributed by atoms with Gasteiger partial charge < -0.3 is 9.64 Å². The normalized spacial score (nSPS) is 16.4. The van der Waals surface area contributed by atoms with Crippen LogP contribution in [0.2, 0.25) is 0 Å². The number of esters is 1. The summed E-state index contributed by atoms with van der Waals surface area (Å²) in [6.07, 6.45) is 6.51. The summed E-state index contributed by atoms with van der Waals surface area (Å²) >= 11 is 0. The smallest absolute Gasteiger partial charge is 0.376 e. The molecule has 0 saturated carbocycles. The maximum absolute atomic E-state index is 11.4. The Kier molecular flexibility index (Phi) is 3.90. The van der Waals surface area contributed by atoms with Crippen LogP contribution in [0.25, 0.3) is 0 Å². The van der Waals surface area contributed by atoms with Crippen molar-refractivity contribution >= 4 is 11.8 Å². The molecule has 1 fully saturated rings. The van der Waals surface area contributed by atoms with E-state index in [1.807, 2.05) is 6.07 Å². The molecular formula is C12H17N3O2. The Bertz CT molecular complexity index is 387. The number of hydrogen-bond acceptors (Lipinski definition) is 5. The molecule has 1 aromatic heterocycles. The van der Waals surface area contributed by atoms with Gasteiger partial charge in [-0.1, -0.05) is 12.8 Å². The van der Waals surface area contributed by atoms with Crippen LogP contribution < -0.4 is 4.90 Å². The Hall–Kier alpha value is -1.65. The minimum absolute atomic E-state index is 0.134. The third-order valence-electron chi connectivity index (χ3n) is 2.94. The van der Waals surface area contributed by atoms with E-state index < -0.39 is 5.97 Å². The Labute approximate surface area is 101 Å². The van der Waals surface area contributed by atoms with Crippen molar-refractivity contribution in [1.82, 2.24) is 9.97 Å². The molecule has 0 spiro atoms. The number of aromatic nitrogens is 2. The van der Waals surface area contributed by atoms with Gasteiger partial charge in [-0.05, 0) is 18.9 Å². The quantitative estimate of drug-likeness (QED) is 0.729. The number of anilines is 1. The summed E-state index contributed by atoms with van der Waals surface area (Å²) in [7, 11) is 1.34.